The van der Waals surface area contributed by atoms with Crippen LogP contribution in [0.2, 0.25) is 0 Å². The van der Waals surface area contributed by atoms with Gasteiger partial charge in [-0.05, 0) is 38.5 Å². The molecule has 0 saturated carbocycles. The van der Waals surface area contributed by atoms with Crippen LogP contribution in [0.4, 0.5) is 11.4 Å². The first-order valence-electron chi connectivity index (χ1n) is 5.19. The Hall–Kier alpha value is -1.18. The average molecular weight is 190 g/mol. The molecule has 2 nitrogen and oxygen atoms in total. The van der Waals surface area contributed by atoms with Gasteiger partial charge in [-0.15, -0.1) is 0 Å². The molecular formula is C12H18N2. The second-order valence-electron chi connectivity index (χ2n) is 4.31. The third-order valence-corrected chi connectivity index (χ3v) is 3.25. The molecule has 1 N–H and O–H groups in total. The first-order chi connectivity index (χ1) is 6.59. The fourth-order valence-corrected chi connectivity index (χ4v) is 1.98. The van der Waals surface area contributed by atoms with Gasteiger partial charge in [0.25, 0.3) is 0 Å². The van der Waals surface area contributed by atoms with Gasteiger partial charge in [0.05, 0.1) is 11.4 Å². The second-order valence-corrected chi connectivity index (χ2v) is 4.31. The highest BCUT2D eigenvalue weighted by atomic mass is 15.2. The predicted octanol–water partition coefficient (Wildman–Crippen LogP) is 2.63. The number of anilines is 2. The summed E-state index contributed by atoms with van der Waals surface area (Å²) < 4.78 is 0. The molecule has 2 unspecified atom stereocenters. The highest BCUT2D eigenvalue weighted by molar-refractivity contribution is 5.73. The molecule has 76 valence electrons. The van der Waals surface area contributed by atoms with Crippen LogP contribution in [0.1, 0.15) is 19.4 Å². The second kappa shape index (κ2) is 3.19. The fourth-order valence-electron chi connectivity index (χ4n) is 1.98. The zero-order chi connectivity index (χ0) is 10.3. The average Bonchev–Trinajstić information content (AvgIpc) is 2.16. The maximum Gasteiger partial charge on any atom is 0.0605 e. The Labute approximate surface area is 85.9 Å². The lowest BCUT2D eigenvalue weighted by Gasteiger charge is -2.39. The van der Waals surface area contributed by atoms with Crippen molar-refractivity contribution in [2.45, 2.75) is 32.9 Å². The number of hydrogen-bond acceptors (Lipinski definition) is 2. The van der Waals surface area contributed by atoms with Crippen molar-refractivity contribution in [3.63, 3.8) is 0 Å². The summed E-state index contributed by atoms with van der Waals surface area (Å²) in [5.74, 6) is 0. The minimum Gasteiger partial charge on any atom is -0.379 e. The molecule has 2 rings (SSSR count). The maximum atomic E-state index is 3.53. The standard InChI is InChI=1S/C12H18N2/c1-8-5-6-11-12(7-8)14(4)10(3)9(2)13-11/h5-7,9-10,13H,1-4H3. The van der Waals surface area contributed by atoms with Crippen LogP contribution in [-0.2, 0) is 0 Å². The van der Waals surface area contributed by atoms with Crippen LogP contribution in [-0.4, -0.2) is 19.1 Å². The van der Waals surface area contributed by atoms with Crippen molar-refractivity contribution in [2.24, 2.45) is 0 Å². The summed E-state index contributed by atoms with van der Waals surface area (Å²) in [4.78, 5) is 2.35. The molecule has 14 heavy (non-hydrogen) atoms. The summed E-state index contributed by atoms with van der Waals surface area (Å²) in [6.07, 6.45) is 0. The molecule has 0 bridgehead atoms. The van der Waals surface area contributed by atoms with Gasteiger partial charge in [0.15, 0.2) is 0 Å². The van der Waals surface area contributed by atoms with E-state index in [1.165, 1.54) is 16.9 Å². The third-order valence-electron chi connectivity index (χ3n) is 3.25. The number of fused-ring (bicyclic) bond motifs is 1. The van der Waals surface area contributed by atoms with Gasteiger partial charge < -0.3 is 10.2 Å². The van der Waals surface area contributed by atoms with E-state index < -0.39 is 0 Å². The van der Waals surface area contributed by atoms with Crippen molar-refractivity contribution in [2.75, 3.05) is 17.3 Å². The molecule has 0 fully saturated rings. The topological polar surface area (TPSA) is 15.3 Å². The summed E-state index contributed by atoms with van der Waals surface area (Å²) >= 11 is 0. The molecule has 2 heteroatoms. The molecule has 0 aromatic heterocycles. The number of nitrogens with one attached hydrogen (secondary N) is 1. The summed E-state index contributed by atoms with van der Waals surface area (Å²) in [6, 6.07) is 7.62. The quantitative estimate of drug-likeness (QED) is 0.676. The molecule has 0 saturated heterocycles. The van der Waals surface area contributed by atoms with E-state index in [9.17, 15) is 0 Å². The SMILES string of the molecule is Cc1ccc2c(c1)N(C)C(C)C(C)N2. The Bertz CT molecular complexity index is 346. The van der Waals surface area contributed by atoms with Gasteiger partial charge in [-0.3, -0.25) is 0 Å². The molecule has 1 aromatic rings. The lowest BCUT2D eigenvalue weighted by molar-refractivity contribution is 0.587. The summed E-state index contributed by atoms with van der Waals surface area (Å²) in [6.45, 7) is 6.61. The minimum absolute atomic E-state index is 0.509. The van der Waals surface area contributed by atoms with Crippen LogP contribution >= 0.6 is 0 Å². The van der Waals surface area contributed by atoms with Crippen LogP contribution in [0, 0.1) is 6.92 Å². The van der Waals surface area contributed by atoms with Crippen LogP contribution in [0.5, 0.6) is 0 Å². The highest BCUT2D eigenvalue weighted by Crippen LogP contribution is 2.33. The smallest absolute Gasteiger partial charge is 0.0605 e. The van der Waals surface area contributed by atoms with E-state index in [-0.39, 0.29) is 0 Å². The van der Waals surface area contributed by atoms with Gasteiger partial charge >= 0.3 is 0 Å². The molecule has 1 aliphatic heterocycles. The van der Waals surface area contributed by atoms with Crippen LogP contribution in [0.25, 0.3) is 0 Å². The van der Waals surface area contributed by atoms with E-state index in [1.54, 1.807) is 0 Å². The molecule has 1 heterocycles. The van der Waals surface area contributed by atoms with Gasteiger partial charge in [0.1, 0.15) is 0 Å². The zero-order valence-electron chi connectivity index (χ0n) is 9.33. The normalized spacial score (nSPS) is 25.6. The van der Waals surface area contributed by atoms with Crippen LogP contribution in [0.3, 0.4) is 0 Å². The molecule has 0 spiro atoms. The molecule has 0 aliphatic carbocycles. The summed E-state index contributed by atoms with van der Waals surface area (Å²) in [7, 11) is 2.17. The molecule has 0 amide bonds. The number of nitrogens with zero attached hydrogens (tertiary/aromatic N) is 1. The van der Waals surface area contributed by atoms with E-state index in [0.29, 0.717) is 12.1 Å². The maximum absolute atomic E-state index is 3.53. The Balaban J connectivity index is 2.46. The molecular weight excluding hydrogens is 172 g/mol. The fraction of sp³-hybridized carbons (Fsp3) is 0.500. The molecule has 2 atom stereocenters. The minimum atomic E-state index is 0.509. The van der Waals surface area contributed by atoms with Crippen molar-refractivity contribution < 1.29 is 0 Å². The van der Waals surface area contributed by atoms with Crippen LogP contribution in [0.15, 0.2) is 18.2 Å². The zero-order valence-corrected chi connectivity index (χ0v) is 9.33. The molecule has 1 aromatic carbocycles. The van der Waals surface area contributed by atoms with Gasteiger partial charge in [-0.2, -0.15) is 0 Å². The van der Waals surface area contributed by atoms with Gasteiger partial charge in [0.2, 0.25) is 0 Å². The number of hydrogen-bond donors (Lipinski definition) is 1. The van der Waals surface area contributed by atoms with Crippen molar-refractivity contribution in [3.8, 4) is 0 Å². The van der Waals surface area contributed by atoms with E-state index in [2.05, 4.69) is 56.2 Å². The highest BCUT2D eigenvalue weighted by Gasteiger charge is 2.24. The van der Waals surface area contributed by atoms with Gasteiger partial charge in [0, 0.05) is 19.1 Å². The largest absolute Gasteiger partial charge is 0.379 e. The number of aryl methyl sites for hydroxylation is 1. The first kappa shape index (κ1) is 9.38. The summed E-state index contributed by atoms with van der Waals surface area (Å²) in [5.41, 5.74) is 3.89. The Morgan fingerprint density at radius 1 is 1.29 bits per heavy atom. The van der Waals surface area contributed by atoms with Gasteiger partial charge in [-0.1, -0.05) is 6.07 Å². The first-order valence-corrected chi connectivity index (χ1v) is 5.19. The Morgan fingerprint density at radius 3 is 2.71 bits per heavy atom. The Kier molecular flexibility index (Phi) is 2.14. The summed E-state index contributed by atoms with van der Waals surface area (Å²) in [5, 5.41) is 3.53. The van der Waals surface area contributed by atoms with E-state index in [0.717, 1.165) is 0 Å². The number of likely N-dealkylation sites (N-methyl/N-ethyl adjacent to an activating group) is 1. The van der Waals surface area contributed by atoms with E-state index in [1.807, 2.05) is 0 Å². The van der Waals surface area contributed by atoms with Crippen molar-refractivity contribution in [1.82, 2.24) is 0 Å². The number of benzene rings is 1. The van der Waals surface area contributed by atoms with Crippen molar-refractivity contribution >= 4 is 11.4 Å². The van der Waals surface area contributed by atoms with E-state index >= 15 is 0 Å². The van der Waals surface area contributed by atoms with Gasteiger partial charge in [-0.25, -0.2) is 0 Å². The number of rotatable bonds is 0. The van der Waals surface area contributed by atoms with Crippen molar-refractivity contribution in [3.05, 3.63) is 23.8 Å². The lowest BCUT2D eigenvalue weighted by atomic mass is 10.0. The molecule has 0 radical (unpaired) electrons. The Morgan fingerprint density at radius 2 is 2.00 bits per heavy atom. The van der Waals surface area contributed by atoms with E-state index in [4.69, 9.17) is 0 Å². The lowest BCUT2D eigenvalue weighted by Crippen LogP contribution is -2.45. The molecule has 1 aliphatic rings. The predicted molar refractivity (Wildman–Crippen MR) is 62.1 cm³/mol. The monoisotopic (exact) mass is 190 g/mol. The van der Waals surface area contributed by atoms with Crippen molar-refractivity contribution in [1.29, 1.82) is 0 Å². The van der Waals surface area contributed by atoms with Crippen LogP contribution < -0.4 is 10.2 Å². The third kappa shape index (κ3) is 1.35.